The Morgan fingerprint density at radius 2 is 1.96 bits per heavy atom. The smallest absolute Gasteiger partial charge is 0.335 e. The topological polar surface area (TPSA) is 107 Å². The number of pyridine rings is 1. The fraction of sp³-hybridized carbons (Fsp3) is 0.222. The first-order valence-electron chi connectivity index (χ1n) is 8.22. The highest BCUT2D eigenvalue weighted by Gasteiger charge is 2.19. The number of amides is 2. The molecule has 2 aromatic rings. The number of hydrogen-bond donors (Lipinski definition) is 3. The summed E-state index contributed by atoms with van der Waals surface area (Å²) in [6.45, 7) is 2.59. The summed E-state index contributed by atoms with van der Waals surface area (Å²) in [5.41, 5.74) is 1.53. The van der Waals surface area contributed by atoms with E-state index in [0.717, 1.165) is 18.1 Å². The molecule has 0 radical (unpaired) electrons. The van der Waals surface area contributed by atoms with Crippen molar-refractivity contribution in [2.45, 2.75) is 0 Å². The van der Waals surface area contributed by atoms with Crippen molar-refractivity contribution in [1.82, 2.24) is 15.2 Å². The fourth-order valence-electron chi connectivity index (χ4n) is 2.61. The van der Waals surface area contributed by atoms with E-state index in [1.165, 1.54) is 12.1 Å². The molecule has 0 saturated carbocycles. The van der Waals surface area contributed by atoms with Crippen molar-refractivity contribution in [2.24, 2.45) is 4.99 Å². The molecule has 1 aromatic carbocycles. The number of aromatic nitrogens is 1. The van der Waals surface area contributed by atoms with Gasteiger partial charge in [-0.1, -0.05) is 6.07 Å². The monoisotopic (exact) mass is 353 g/mol. The van der Waals surface area contributed by atoms with Crippen LogP contribution in [0.5, 0.6) is 0 Å². The second kappa shape index (κ2) is 8.11. The molecule has 8 nitrogen and oxygen atoms in total. The third-order valence-corrected chi connectivity index (χ3v) is 3.88. The Bertz CT molecular complexity index is 805. The van der Waals surface area contributed by atoms with Crippen molar-refractivity contribution >= 4 is 23.5 Å². The predicted octanol–water partition coefficient (Wildman–Crippen LogP) is 1.66. The van der Waals surface area contributed by atoms with Crippen LogP contribution in [0.15, 0.2) is 53.7 Å². The number of carbonyl (C=O) groups is 2. The molecular formula is C18H19N5O3. The molecule has 0 saturated heterocycles. The second-order valence-electron chi connectivity index (χ2n) is 5.67. The number of amidine groups is 1. The molecule has 0 unspecified atom stereocenters. The van der Waals surface area contributed by atoms with Gasteiger partial charge in [0.05, 0.1) is 12.1 Å². The van der Waals surface area contributed by atoms with Crippen LogP contribution in [0.1, 0.15) is 16.1 Å². The Balaban J connectivity index is 1.46. The van der Waals surface area contributed by atoms with Gasteiger partial charge in [-0.2, -0.15) is 0 Å². The number of nitrogens with zero attached hydrogens (tertiary/aromatic N) is 3. The van der Waals surface area contributed by atoms with E-state index in [1.54, 1.807) is 18.3 Å². The van der Waals surface area contributed by atoms with Gasteiger partial charge >= 0.3 is 12.0 Å². The first-order chi connectivity index (χ1) is 12.6. The summed E-state index contributed by atoms with van der Waals surface area (Å²) in [7, 11) is 0. The molecule has 3 N–H and O–H groups in total. The van der Waals surface area contributed by atoms with Gasteiger partial charge in [-0.3, -0.25) is 9.98 Å². The molecule has 0 spiro atoms. The lowest BCUT2D eigenvalue weighted by atomic mass is 10.2. The molecule has 1 aromatic heterocycles. The number of aromatic carboxylic acids is 1. The summed E-state index contributed by atoms with van der Waals surface area (Å²) in [6, 6.07) is 11.3. The Hall–Kier alpha value is -3.42. The zero-order valence-corrected chi connectivity index (χ0v) is 14.1. The first-order valence-corrected chi connectivity index (χ1v) is 8.22. The van der Waals surface area contributed by atoms with E-state index in [1.807, 2.05) is 18.2 Å². The van der Waals surface area contributed by atoms with E-state index >= 15 is 0 Å². The van der Waals surface area contributed by atoms with E-state index in [2.05, 4.69) is 25.5 Å². The number of aliphatic imine (C=N–C) groups is 1. The van der Waals surface area contributed by atoms with Crippen LogP contribution in [0.3, 0.4) is 0 Å². The molecule has 1 aliphatic heterocycles. The molecule has 1 aliphatic rings. The maximum Gasteiger partial charge on any atom is 0.335 e. The second-order valence-corrected chi connectivity index (χ2v) is 5.67. The number of rotatable bonds is 6. The highest BCUT2D eigenvalue weighted by Crippen LogP contribution is 2.10. The van der Waals surface area contributed by atoms with Crippen LogP contribution in [-0.2, 0) is 0 Å². The van der Waals surface area contributed by atoms with Gasteiger partial charge < -0.3 is 20.6 Å². The summed E-state index contributed by atoms with van der Waals surface area (Å²) in [6.07, 6.45) is 1.73. The highest BCUT2D eigenvalue weighted by atomic mass is 16.4. The molecule has 134 valence electrons. The minimum atomic E-state index is -1.00. The minimum absolute atomic E-state index is 0.173. The van der Waals surface area contributed by atoms with E-state index in [0.29, 0.717) is 25.3 Å². The number of urea groups is 1. The Labute approximate surface area is 150 Å². The molecule has 0 aliphatic carbocycles. The third-order valence-electron chi connectivity index (χ3n) is 3.88. The number of hydrogen-bond acceptors (Lipinski definition) is 5. The van der Waals surface area contributed by atoms with Crippen molar-refractivity contribution in [2.75, 3.05) is 31.5 Å². The Kier molecular flexibility index (Phi) is 5.43. The number of nitrogens with one attached hydrogen (secondary N) is 2. The fourth-order valence-corrected chi connectivity index (χ4v) is 2.61. The average Bonchev–Trinajstić information content (AvgIpc) is 3.11. The molecule has 0 fully saturated rings. The molecule has 2 amide bonds. The first kappa shape index (κ1) is 17.4. The summed E-state index contributed by atoms with van der Waals surface area (Å²) in [4.78, 5) is 33.7. The minimum Gasteiger partial charge on any atom is -0.478 e. The molecule has 3 rings (SSSR count). The van der Waals surface area contributed by atoms with E-state index in [4.69, 9.17) is 5.11 Å². The third kappa shape index (κ3) is 4.35. The summed E-state index contributed by atoms with van der Waals surface area (Å²) >= 11 is 0. The van der Waals surface area contributed by atoms with Crippen molar-refractivity contribution in [3.05, 3.63) is 59.9 Å². The largest absolute Gasteiger partial charge is 0.478 e. The zero-order valence-electron chi connectivity index (χ0n) is 14.1. The lowest BCUT2D eigenvalue weighted by molar-refractivity contribution is 0.0697. The molecule has 0 bridgehead atoms. The van der Waals surface area contributed by atoms with Crippen molar-refractivity contribution < 1.29 is 14.7 Å². The summed E-state index contributed by atoms with van der Waals surface area (Å²) in [5.74, 6) is -0.158. The Morgan fingerprint density at radius 3 is 2.65 bits per heavy atom. The number of carbonyl (C=O) groups excluding carboxylic acids is 1. The van der Waals surface area contributed by atoms with Gasteiger partial charge in [-0.25, -0.2) is 9.59 Å². The van der Waals surface area contributed by atoms with Gasteiger partial charge in [0.15, 0.2) is 0 Å². The van der Waals surface area contributed by atoms with E-state index in [9.17, 15) is 9.59 Å². The SMILES string of the molecule is O=C(NCCN1CCN=C1c1ccccn1)Nc1ccc(C(=O)O)cc1. The molecule has 8 heteroatoms. The number of anilines is 1. The lowest BCUT2D eigenvalue weighted by Gasteiger charge is -2.20. The predicted molar refractivity (Wildman–Crippen MR) is 97.6 cm³/mol. The average molecular weight is 353 g/mol. The molecule has 0 atom stereocenters. The van der Waals surface area contributed by atoms with Crippen LogP contribution in [0, 0.1) is 0 Å². The van der Waals surface area contributed by atoms with Gasteiger partial charge in [0.1, 0.15) is 11.5 Å². The Morgan fingerprint density at radius 1 is 1.15 bits per heavy atom. The lowest BCUT2D eigenvalue weighted by Crippen LogP contribution is -2.39. The molecule has 2 heterocycles. The summed E-state index contributed by atoms with van der Waals surface area (Å²) in [5, 5.41) is 14.3. The van der Waals surface area contributed by atoms with Crippen molar-refractivity contribution in [3.63, 3.8) is 0 Å². The van der Waals surface area contributed by atoms with Gasteiger partial charge in [0.2, 0.25) is 0 Å². The van der Waals surface area contributed by atoms with Crippen LogP contribution < -0.4 is 10.6 Å². The number of carboxylic acids is 1. The molecular weight excluding hydrogens is 334 g/mol. The van der Waals surface area contributed by atoms with Crippen LogP contribution in [-0.4, -0.2) is 59.0 Å². The maximum absolute atomic E-state index is 12.0. The van der Waals surface area contributed by atoms with Gasteiger partial charge in [-0.05, 0) is 36.4 Å². The molecule has 26 heavy (non-hydrogen) atoms. The van der Waals surface area contributed by atoms with Crippen LogP contribution in [0.2, 0.25) is 0 Å². The number of benzene rings is 1. The number of carboxylic acid groups (broad SMARTS) is 1. The zero-order chi connectivity index (χ0) is 18.4. The van der Waals surface area contributed by atoms with Crippen LogP contribution >= 0.6 is 0 Å². The van der Waals surface area contributed by atoms with E-state index < -0.39 is 5.97 Å². The van der Waals surface area contributed by atoms with Crippen LogP contribution in [0.4, 0.5) is 10.5 Å². The quantitative estimate of drug-likeness (QED) is 0.732. The normalized spacial score (nSPS) is 13.2. The van der Waals surface area contributed by atoms with Crippen molar-refractivity contribution in [1.29, 1.82) is 0 Å². The van der Waals surface area contributed by atoms with Gasteiger partial charge in [0.25, 0.3) is 0 Å². The van der Waals surface area contributed by atoms with E-state index in [-0.39, 0.29) is 11.6 Å². The van der Waals surface area contributed by atoms with Gasteiger partial charge in [0, 0.05) is 31.5 Å². The van der Waals surface area contributed by atoms with Crippen molar-refractivity contribution in [3.8, 4) is 0 Å². The highest BCUT2D eigenvalue weighted by molar-refractivity contribution is 5.98. The summed E-state index contributed by atoms with van der Waals surface area (Å²) < 4.78 is 0. The maximum atomic E-state index is 12.0. The van der Waals surface area contributed by atoms with Gasteiger partial charge in [-0.15, -0.1) is 0 Å². The van der Waals surface area contributed by atoms with Crippen LogP contribution in [0.25, 0.3) is 0 Å². The standard InChI is InChI=1S/C18H19N5O3/c24-17(25)13-4-6-14(7-5-13)22-18(26)21-10-12-23-11-9-20-16(23)15-3-1-2-8-19-15/h1-8H,9-12H2,(H,24,25)(H2,21,22,26).